The fourth-order valence-electron chi connectivity index (χ4n) is 3.65. The third-order valence-corrected chi connectivity index (χ3v) is 5.26. The number of halogens is 3. The number of carbonyl (C=O) groups excluding carboxylic acids is 2. The van der Waals surface area contributed by atoms with Crippen molar-refractivity contribution < 1.29 is 46.1 Å². The number of benzene rings is 2. The predicted octanol–water partition coefficient (Wildman–Crippen LogP) is 5.07. The number of alkyl halides is 3. The number of fused-ring (bicyclic) bond motifs is 2. The molecule has 1 atom stereocenters. The Hall–Kier alpha value is -4.22. The number of esters is 1. The molecule has 0 bridgehead atoms. The van der Waals surface area contributed by atoms with Gasteiger partial charge in [-0.15, -0.1) is 0 Å². The molecule has 2 aromatic carbocycles. The highest BCUT2D eigenvalue weighted by molar-refractivity contribution is 5.86. The zero-order valence-corrected chi connectivity index (χ0v) is 20.9. The zero-order valence-electron chi connectivity index (χ0n) is 20.9. The van der Waals surface area contributed by atoms with Crippen LogP contribution in [0.3, 0.4) is 0 Å². The molecule has 38 heavy (non-hydrogen) atoms. The van der Waals surface area contributed by atoms with E-state index in [0.717, 1.165) is 6.07 Å². The van der Waals surface area contributed by atoms with Crippen LogP contribution >= 0.6 is 0 Å². The van der Waals surface area contributed by atoms with Gasteiger partial charge in [0.2, 0.25) is 11.2 Å². The molecule has 0 radical (unpaired) electrons. The van der Waals surface area contributed by atoms with E-state index in [2.05, 4.69) is 5.32 Å². The summed E-state index contributed by atoms with van der Waals surface area (Å²) in [4.78, 5) is 37.5. The molecule has 1 aliphatic heterocycles. The van der Waals surface area contributed by atoms with Crippen LogP contribution in [0.1, 0.15) is 33.5 Å². The maximum absolute atomic E-state index is 14.0. The molecule has 0 saturated carbocycles. The van der Waals surface area contributed by atoms with Crippen LogP contribution < -0.4 is 25.0 Å². The van der Waals surface area contributed by atoms with Crippen molar-refractivity contribution in [3.05, 3.63) is 52.4 Å². The van der Waals surface area contributed by atoms with Gasteiger partial charge in [-0.05, 0) is 57.5 Å². The van der Waals surface area contributed by atoms with Crippen LogP contribution in [-0.4, -0.2) is 36.9 Å². The molecule has 1 unspecified atom stereocenters. The van der Waals surface area contributed by atoms with Crippen LogP contribution in [0.15, 0.2) is 45.6 Å². The van der Waals surface area contributed by atoms with E-state index in [9.17, 15) is 27.6 Å². The Balaban J connectivity index is 1.67. The molecule has 0 saturated heterocycles. The number of amides is 1. The summed E-state index contributed by atoms with van der Waals surface area (Å²) >= 11 is 0. The minimum Gasteiger partial charge on any atom is -0.486 e. The topological polar surface area (TPSA) is 113 Å². The largest absolute Gasteiger partial charge is 0.486 e. The number of carbonyl (C=O) groups is 2. The maximum Gasteiger partial charge on any atom is 0.450 e. The molecule has 202 valence electrons. The van der Waals surface area contributed by atoms with E-state index in [1.54, 1.807) is 20.8 Å². The van der Waals surface area contributed by atoms with Crippen molar-refractivity contribution in [2.24, 2.45) is 0 Å². The summed E-state index contributed by atoms with van der Waals surface area (Å²) in [5.41, 5.74) is -2.93. The SMILES string of the molecule is CC(NC(=O)OC(C)(C)C)C(=O)Oc1ccc2c(=O)c(-c3ccc4c(c3)OCCO4)c(C(F)(F)F)oc2c1. The summed E-state index contributed by atoms with van der Waals surface area (Å²) in [5.74, 6) is -2.07. The molecule has 1 N–H and O–H groups in total. The lowest BCUT2D eigenvalue weighted by Crippen LogP contribution is -2.43. The number of rotatable bonds is 4. The van der Waals surface area contributed by atoms with E-state index in [4.69, 9.17) is 23.4 Å². The van der Waals surface area contributed by atoms with Gasteiger partial charge in [0, 0.05) is 6.07 Å². The number of ether oxygens (including phenoxy) is 4. The third-order valence-electron chi connectivity index (χ3n) is 5.26. The van der Waals surface area contributed by atoms with Crippen molar-refractivity contribution in [3.63, 3.8) is 0 Å². The zero-order chi connectivity index (χ0) is 27.8. The van der Waals surface area contributed by atoms with Crippen molar-refractivity contribution in [2.75, 3.05) is 13.2 Å². The highest BCUT2D eigenvalue weighted by atomic mass is 19.4. The van der Waals surface area contributed by atoms with Crippen LogP contribution in [0.5, 0.6) is 17.2 Å². The Labute approximate surface area is 214 Å². The van der Waals surface area contributed by atoms with Gasteiger partial charge in [-0.1, -0.05) is 6.07 Å². The number of nitrogens with one attached hydrogen (secondary N) is 1. The molecule has 0 aliphatic carbocycles. The third kappa shape index (κ3) is 5.84. The van der Waals surface area contributed by atoms with Gasteiger partial charge < -0.3 is 28.7 Å². The lowest BCUT2D eigenvalue weighted by molar-refractivity contribution is -0.152. The highest BCUT2D eigenvalue weighted by Crippen LogP contribution is 2.40. The molecule has 0 spiro atoms. The summed E-state index contributed by atoms with van der Waals surface area (Å²) < 4.78 is 68.3. The van der Waals surface area contributed by atoms with Crippen molar-refractivity contribution >= 4 is 23.0 Å². The van der Waals surface area contributed by atoms with Crippen LogP contribution in [-0.2, 0) is 15.7 Å². The average Bonchev–Trinajstić information content (AvgIpc) is 2.81. The minimum atomic E-state index is -5.02. The molecular weight excluding hydrogens is 511 g/mol. The fourth-order valence-corrected chi connectivity index (χ4v) is 3.65. The smallest absolute Gasteiger partial charge is 0.450 e. The van der Waals surface area contributed by atoms with Crippen molar-refractivity contribution in [2.45, 2.75) is 45.5 Å². The lowest BCUT2D eigenvalue weighted by atomic mass is 10.0. The highest BCUT2D eigenvalue weighted by Gasteiger charge is 2.39. The lowest BCUT2D eigenvalue weighted by Gasteiger charge is -2.21. The second kappa shape index (κ2) is 9.92. The molecule has 2 heterocycles. The molecular formula is C26H24F3NO8. The van der Waals surface area contributed by atoms with Gasteiger partial charge in [-0.2, -0.15) is 13.2 Å². The molecule has 4 rings (SSSR count). The van der Waals surface area contributed by atoms with Crippen molar-refractivity contribution in [3.8, 4) is 28.4 Å². The Morgan fingerprint density at radius 1 is 1.00 bits per heavy atom. The Bertz CT molecular complexity index is 1460. The normalized spacial score (nSPS) is 14.1. The van der Waals surface area contributed by atoms with Gasteiger partial charge in [-0.25, -0.2) is 9.59 Å². The Morgan fingerprint density at radius 2 is 1.68 bits per heavy atom. The Morgan fingerprint density at radius 3 is 2.34 bits per heavy atom. The Kier molecular flexibility index (Phi) is 7.00. The minimum absolute atomic E-state index is 0.0604. The number of alkyl carbamates (subject to hydrolysis) is 1. The van der Waals surface area contributed by atoms with Gasteiger partial charge in [0.05, 0.1) is 10.9 Å². The monoisotopic (exact) mass is 535 g/mol. The van der Waals surface area contributed by atoms with E-state index in [1.165, 1.54) is 37.3 Å². The van der Waals surface area contributed by atoms with Crippen molar-refractivity contribution in [1.82, 2.24) is 5.32 Å². The van der Waals surface area contributed by atoms with E-state index >= 15 is 0 Å². The summed E-state index contributed by atoms with van der Waals surface area (Å²) in [5, 5.41) is 2.14. The molecule has 9 nitrogen and oxygen atoms in total. The summed E-state index contributed by atoms with van der Waals surface area (Å²) in [6, 6.07) is 6.30. The van der Waals surface area contributed by atoms with E-state index in [-0.39, 0.29) is 29.1 Å². The molecule has 12 heteroatoms. The van der Waals surface area contributed by atoms with Crippen LogP contribution in [0, 0.1) is 0 Å². The quantitative estimate of drug-likeness (QED) is 0.364. The summed E-state index contributed by atoms with van der Waals surface area (Å²) in [6.07, 6.45) is -5.87. The molecule has 0 fully saturated rings. The maximum atomic E-state index is 14.0. The fraction of sp³-hybridized carbons (Fsp3) is 0.346. The van der Waals surface area contributed by atoms with Crippen LogP contribution in [0.2, 0.25) is 0 Å². The van der Waals surface area contributed by atoms with Crippen LogP contribution in [0.25, 0.3) is 22.1 Å². The average molecular weight is 535 g/mol. The van der Waals surface area contributed by atoms with Gasteiger partial charge in [0.15, 0.2) is 11.5 Å². The first-order chi connectivity index (χ1) is 17.7. The molecule has 1 aromatic heterocycles. The molecule has 1 amide bonds. The first kappa shape index (κ1) is 26.8. The van der Waals surface area contributed by atoms with E-state index in [1.807, 2.05) is 0 Å². The van der Waals surface area contributed by atoms with Gasteiger partial charge in [0.1, 0.15) is 36.2 Å². The van der Waals surface area contributed by atoms with E-state index < -0.39 is 52.2 Å². The van der Waals surface area contributed by atoms with Crippen LogP contribution in [0.4, 0.5) is 18.0 Å². The number of hydrogen-bond acceptors (Lipinski definition) is 8. The predicted molar refractivity (Wildman–Crippen MR) is 128 cm³/mol. The first-order valence-corrected chi connectivity index (χ1v) is 11.5. The first-order valence-electron chi connectivity index (χ1n) is 11.5. The summed E-state index contributed by atoms with van der Waals surface area (Å²) in [6.45, 7) is 6.78. The van der Waals surface area contributed by atoms with Gasteiger partial charge >= 0.3 is 18.2 Å². The summed E-state index contributed by atoms with van der Waals surface area (Å²) in [7, 11) is 0. The standard InChI is InChI=1S/C26H24F3NO8/c1-13(30-24(33)38-25(2,3)4)23(32)36-15-6-7-16-18(12-15)37-22(26(27,28)29)20(21(16)31)14-5-8-17-19(11-14)35-10-9-34-17/h5-8,11-13H,9-10H2,1-4H3,(H,30,33). The van der Waals surface area contributed by atoms with Gasteiger partial charge in [-0.3, -0.25) is 4.79 Å². The molecule has 3 aromatic rings. The second-order valence-corrected chi connectivity index (χ2v) is 9.44. The number of hydrogen-bond donors (Lipinski definition) is 1. The molecule has 1 aliphatic rings. The van der Waals surface area contributed by atoms with E-state index in [0.29, 0.717) is 12.4 Å². The van der Waals surface area contributed by atoms with Crippen molar-refractivity contribution in [1.29, 1.82) is 0 Å². The second-order valence-electron chi connectivity index (χ2n) is 9.44. The van der Waals surface area contributed by atoms with Gasteiger partial charge in [0.25, 0.3) is 0 Å².